The van der Waals surface area contributed by atoms with Crippen LogP contribution in [0, 0.1) is 5.92 Å². The summed E-state index contributed by atoms with van der Waals surface area (Å²) in [5.74, 6) is 0.949. The van der Waals surface area contributed by atoms with E-state index in [2.05, 4.69) is 20.8 Å². The lowest BCUT2D eigenvalue weighted by molar-refractivity contribution is 0.468. The zero-order valence-electron chi connectivity index (χ0n) is 20.5. The van der Waals surface area contributed by atoms with E-state index in [1.165, 1.54) is 154 Å². The monoisotopic (exact) mass is 394 g/mol. The van der Waals surface area contributed by atoms with E-state index in [9.17, 15) is 0 Å². The topological polar surface area (TPSA) is 0 Å². The highest BCUT2D eigenvalue weighted by molar-refractivity contribution is 4.53. The van der Waals surface area contributed by atoms with Gasteiger partial charge in [-0.2, -0.15) is 0 Å². The average molecular weight is 395 g/mol. The fourth-order valence-electron chi connectivity index (χ4n) is 4.31. The van der Waals surface area contributed by atoms with Crippen LogP contribution in [0.1, 0.15) is 175 Å². The van der Waals surface area contributed by atoms with Crippen molar-refractivity contribution in [3.63, 3.8) is 0 Å². The summed E-state index contributed by atoms with van der Waals surface area (Å²) in [5.41, 5.74) is 0. The third-order valence-electron chi connectivity index (χ3n) is 6.75. The van der Waals surface area contributed by atoms with Crippen LogP contribution in [0.15, 0.2) is 0 Å². The van der Waals surface area contributed by atoms with Crippen LogP contribution in [0.5, 0.6) is 0 Å². The number of hydrogen-bond acceptors (Lipinski definition) is 0. The number of hydrogen-bond donors (Lipinski definition) is 0. The van der Waals surface area contributed by atoms with Crippen LogP contribution < -0.4 is 0 Å². The Morgan fingerprint density at radius 2 is 0.607 bits per heavy atom. The number of rotatable bonds is 24. The summed E-state index contributed by atoms with van der Waals surface area (Å²) in [4.78, 5) is 0. The maximum absolute atomic E-state index is 2.40. The lowest BCUT2D eigenvalue weighted by Crippen LogP contribution is -1.91. The fourth-order valence-corrected chi connectivity index (χ4v) is 4.31. The van der Waals surface area contributed by atoms with Crippen LogP contribution in [0.2, 0.25) is 0 Å². The predicted octanol–water partition coefficient (Wildman–Crippen LogP) is 11.0. The highest BCUT2D eigenvalue weighted by atomic mass is 14.0. The van der Waals surface area contributed by atoms with Gasteiger partial charge in [0.05, 0.1) is 0 Å². The molecule has 0 spiro atoms. The van der Waals surface area contributed by atoms with Gasteiger partial charge in [0.25, 0.3) is 0 Å². The lowest BCUT2D eigenvalue weighted by atomic mass is 9.99. The second-order valence-corrected chi connectivity index (χ2v) is 9.73. The Kier molecular flexibility index (Phi) is 25.0. The second-order valence-electron chi connectivity index (χ2n) is 9.73. The Hall–Kier alpha value is 0. The van der Waals surface area contributed by atoms with Crippen LogP contribution in [0.25, 0.3) is 0 Å². The van der Waals surface area contributed by atoms with Gasteiger partial charge in [-0.25, -0.2) is 0 Å². The van der Waals surface area contributed by atoms with Crippen LogP contribution >= 0.6 is 0 Å². The molecular formula is C28H58. The van der Waals surface area contributed by atoms with Gasteiger partial charge in [0.2, 0.25) is 0 Å². The molecule has 0 aliphatic heterocycles. The Bertz CT molecular complexity index is 257. The van der Waals surface area contributed by atoms with Gasteiger partial charge in [-0.05, 0) is 5.92 Å². The fraction of sp³-hybridized carbons (Fsp3) is 1.00. The zero-order valence-corrected chi connectivity index (χ0v) is 20.5. The van der Waals surface area contributed by atoms with Gasteiger partial charge in [-0.15, -0.1) is 0 Å². The van der Waals surface area contributed by atoms with Crippen LogP contribution in [-0.2, 0) is 0 Å². The average Bonchev–Trinajstić information content (AvgIpc) is 2.71. The van der Waals surface area contributed by atoms with Gasteiger partial charge < -0.3 is 0 Å². The quantitative estimate of drug-likeness (QED) is 0.143. The molecule has 0 aromatic rings. The molecule has 0 bridgehead atoms. The maximum Gasteiger partial charge on any atom is -0.0445 e. The van der Waals surface area contributed by atoms with Crippen LogP contribution in [0.3, 0.4) is 0 Å². The molecule has 0 heterocycles. The van der Waals surface area contributed by atoms with E-state index in [1.54, 1.807) is 0 Å². The predicted molar refractivity (Wildman–Crippen MR) is 131 cm³/mol. The molecule has 1 atom stereocenters. The third kappa shape index (κ3) is 24.0. The summed E-state index contributed by atoms with van der Waals surface area (Å²) in [6, 6.07) is 0. The Morgan fingerprint density at radius 1 is 0.357 bits per heavy atom. The molecule has 0 saturated heterocycles. The Balaban J connectivity index is 3.00. The Labute approximate surface area is 181 Å². The molecule has 0 aliphatic carbocycles. The van der Waals surface area contributed by atoms with Crippen molar-refractivity contribution in [2.24, 2.45) is 5.92 Å². The SMILES string of the molecule is CCCCCCCCCCCCCCCCCCCCCCCC[C@H](C)CC. The summed E-state index contributed by atoms with van der Waals surface area (Å²) in [7, 11) is 0. The van der Waals surface area contributed by atoms with E-state index in [0.717, 1.165) is 5.92 Å². The minimum absolute atomic E-state index is 0.949. The van der Waals surface area contributed by atoms with Gasteiger partial charge in [0.1, 0.15) is 0 Å². The van der Waals surface area contributed by atoms with Crippen molar-refractivity contribution in [1.29, 1.82) is 0 Å². The summed E-state index contributed by atoms with van der Waals surface area (Å²) in [6.45, 7) is 7.03. The normalized spacial score (nSPS) is 12.5. The van der Waals surface area contributed by atoms with E-state index >= 15 is 0 Å². The highest BCUT2D eigenvalue weighted by Gasteiger charge is 1.98. The molecule has 0 N–H and O–H groups in total. The van der Waals surface area contributed by atoms with Crippen molar-refractivity contribution >= 4 is 0 Å². The van der Waals surface area contributed by atoms with E-state index in [-0.39, 0.29) is 0 Å². The summed E-state index contributed by atoms with van der Waals surface area (Å²) < 4.78 is 0. The van der Waals surface area contributed by atoms with Crippen molar-refractivity contribution < 1.29 is 0 Å². The molecule has 170 valence electrons. The first-order valence-electron chi connectivity index (χ1n) is 13.8. The first-order valence-corrected chi connectivity index (χ1v) is 13.8. The van der Waals surface area contributed by atoms with E-state index in [0.29, 0.717) is 0 Å². The molecule has 0 aromatic heterocycles. The molecule has 0 radical (unpaired) electrons. The van der Waals surface area contributed by atoms with E-state index < -0.39 is 0 Å². The van der Waals surface area contributed by atoms with Gasteiger partial charge in [-0.1, -0.05) is 175 Å². The highest BCUT2D eigenvalue weighted by Crippen LogP contribution is 2.16. The standard InChI is InChI=1S/C28H58/c1-4-6-7-8-9-10-11-12-13-14-15-16-17-18-19-20-21-22-23-24-25-26-27-28(3)5-2/h28H,4-27H2,1-3H3/t28-/m1/s1. The maximum atomic E-state index is 2.40. The first kappa shape index (κ1) is 28.0. The molecule has 0 heteroatoms. The van der Waals surface area contributed by atoms with Crippen molar-refractivity contribution in [1.82, 2.24) is 0 Å². The molecule has 28 heavy (non-hydrogen) atoms. The summed E-state index contributed by atoms with van der Waals surface area (Å²) in [5, 5.41) is 0. The van der Waals surface area contributed by atoms with Crippen molar-refractivity contribution in [3.8, 4) is 0 Å². The molecule has 0 amide bonds. The van der Waals surface area contributed by atoms with Gasteiger partial charge in [-0.3, -0.25) is 0 Å². The van der Waals surface area contributed by atoms with Crippen molar-refractivity contribution in [3.05, 3.63) is 0 Å². The molecule has 0 saturated carbocycles. The summed E-state index contributed by atoms with van der Waals surface area (Å²) in [6.07, 6.45) is 35.4. The molecule has 0 nitrogen and oxygen atoms in total. The van der Waals surface area contributed by atoms with Crippen LogP contribution in [-0.4, -0.2) is 0 Å². The second kappa shape index (κ2) is 25.0. The zero-order chi connectivity index (χ0) is 20.5. The van der Waals surface area contributed by atoms with Gasteiger partial charge >= 0.3 is 0 Å². The molecule has 0 unspecified atom stereocenters. The minimum Gasteiger partial charge on any atom is -0.0654 e. The van der Waals surface area contributed by atoms with E-state index in [1.807, 2.05) is 0 Å². The molecule has 0 rings (SSSR count). The van der Waals surface area contributed by atoms with E-state index in [4.69, 9.17) is 0 Å². The Morgan fingerprint density at radius 3 is 0.857 bits per heavy atom. The van der Waals surface area contributed by atoms with Crippen LogP contribution in [0.4, 0.5) is 0 Å². The summed E-state index contributed by atoms with van der Waals surface area (Å²) >= 11 is 0. The first-order chi connectivity index (χ1) is 13.8. The third-order valence-corrected chi connectivity index (χ3v) is 6.75. The lowest BCUT2D eigenvalue weighted by Gasteiger charge is -2.07. The molecular weight excluding hydrogens is 336 g/mol. The van der Waals surface area contributed by atoms with Crippen molar-refractivity contribution in [2.45, 2.75) is 175 Å². The van der Waals surface area contributed by atoms with Gasteiger partial charge in [0, 0.05) is 0 Å². The smallest absolute Gasteiger partial charge is 0.0445 e. The van der Waals surface area contributed by atoms with Crippen molar-refractivity contribution in [2.75, 3.05) is 0 Å². The molecule has 0 aromatic carbocycles. The molecule has 0 aliphatic rings. The molecule has 0 fully saturated rings. The minimum atomic E-state index is 0.949. The largest absolute Gasteiger partial charge is 0.0654 e. The number of unbranched alkanes of at least 4 members (excludes halogenated alkanes) is 21. The van der Waals surface area contributed by atoms with Gasteiger partial charge in [0.15, 0.2) is 0 Å².